The molecule has 0 spiro atoms. The molecule has 1 aliphatic rings. The van der Waals surface area contributed by atoms with Crippen molar-refractivity contribution in [1.82, 2.24) is 4.59 Å². The van der Waals surface area contributed by atoms with Crippen molar-refractivity contribution < 1.29 is 14.6 Å². The summed E-state index contributed by atoms with van der Waals surface area (Å²) in [6, 6.07) is 7.52. The van der Waals surface area contributed by atoms with Crippen molar-refractivity contribution in [1.29, 1.82) is 0 Å². The van der Waals surface area contributed by atoms with E-state index in [9.17, 15) is 4.79 Å². The number of aliphatic carboxylic acids is 1. The number of quaternary nitrogens is 1. The van der Waals surface area contributed by atoms with Crippen LogP contribution in [0.25, 0.3) is 0 Å². The van der Waals surface area contributed by atoms with E-state index < -0.39 is 5.97 Å². The van der Waals surface area contributed by atoms with Crippen molar-refractivity contribution in [3.05, 3.63) is 36.0 Å². The number of benzene rings is 1. The summed E-state index contributed by atoms with van der Waals surface area (Å²) >= 11 is 0. The summed E-state index contributed by atoms with van der Waals surface area (Å²) in [6.45, 7) is 4.38. The Morgan fingerprint density at radius 2 is 2.21 bits per heavy atom. The third-order valence-electron chi connectivity index (χ3n) is 3.24. The largest absolute Gasteiger partial charge is 0.497 e. The second-order valence-corrected chi connectivity index (χ2v) is 4.41. The number of hydrogen-bond acceptors (Lipinski definition) is 3. The number of carboxylic acids is 1. The maximum atomic E-state index is 11.2. The van der Waals surface area contributed by atoms with Crippen molar-refractivity contribution >= 4 is 17.4 Å². The molecule has 1 heterocycles. The van der Waals surface area contributed by atoms with E-state index in [1.807, 2.05) is 37.4 Å². The minimum absolute atomic E-state index is 0.115. The first kappa shape index (κ1) is 13.3. The van der Waals surface area contributed by atoms with Gasteiger partial charge in [0.1, 0.15) is 18.5 Å². The molecule has 0 fully saturated rings. The van der Waals surface area contributed by atoms with E-state index in [4.69, 9.17) is 9.84 Å². The Hall–Kier alpha value is -2.14. The molecule has 5 heteroatoms. The lowest BCUT2D eigenvalue weighted by Gasteiger charge is -2.24. The summed E-state index contributed by atoms with van der Waals surface area (Å²) in [5.74, 6) is -0.265. The van der Waals surface area contributed by atoms with Crippen LogP contribution in [0.2, 0.25) is 0 Å². The van der Waals surface area contributed by atoms with Gasteiger partial charge in [-0.15, -0.1) is 4.59 Å². The molecule has 1 aromatic rings. The number of hydrogen-bond donors (Lipinski definition) is 1. The van der Waals surface area contributed by atoms with Crippen LogP contribution in [0.5, 0.6) is 5.75 Å². The lowest BCUT2D eigenvalue weighted by Crippen LogP contribution is -2.36. The SMILES string of the molecule is CC[N+]1(c2cccc(OC)c2)C=C(C)C(C(=O)O)=N1. The number of carbonyl (C=O) groups is 1. The molecule has 0 bridgehead atoms. The monoisotopic (exact) mass is 261 g/mol. The maximum absolute atomic E-state index is 11.2. The molecule has 1 N–H and O–H groups in total. The predicted octanol–water partition coefficient (Wildman–Crippen LogP) is 2.38. The Balaban J connectivity index is 2.54. The van der Waals surface area contributed by atoms with Crippen molar-refractivity contribution in [3.63, 3.8) is 0 Å². The number of carboxylic acid groups (broad SMARTS) is 1. The molecule has 100 valence electrons. The highest BCUT2D eigenvalue weighted by atomic mass is 16.5. The van der Waals surface area contributed by atoms with Crippen LogP contribution >= 0.6 is 0 Å². The topological polar surface area (TPSA) is 58.9 Å². The van der Waals surface area contributed by atoms with E-state index in [0.29, 0.717) is 12.1 Å². The van der Waals surface area contributed by atoms with Crippen LogP contribution in [-0.4, -0.2) is 30.4 Å². The van der Waals surface area contributed by atoms with E-state index in [-0.39, 0.29) is 10.3 Å². The van der Waals surface area contributed by atoms with Crippen molar-refractivity contribution in [3.8, 4) is 5.75 Å². The quantitative estimate of drug-likeness (QED) is 0.846. The highest BCUT2D eigenvalue weighted by Crippen LogP contribution is 2.32. The zero-order chi connectivity index (χ0) is 14.0. The fraction of sp³-hybridized carbons (Fsp3) is 0.286. The summed E-state index contributed by atoms with van der Waals surface area (Å²) < 4.78 is 5.37. The van der Waals surface area contributed by atoms with Crippen molar-refractivity contribution in [2.24, 2.45) is 5.10 Å². The maximum Gasteiger partial charge on any atom is 0.360 e. The van der Waals surface area contributed by atoms with Crippen LogP contribution in [0.1, 0.15) is 13.8 Å². The first-order valence-electron chi connectivity index (χ1n) is 6.08. The Bertz CT molecular complexity index is 578. The smallest absolute Gasteiger partial charge is 0.360 e. The third kappa shape index (κ3) is 2.24. The van der Waals surface area contributed by atoms with Crippen LogP contribution in [0.15, 0.2) is 41.1 Å². The molecule has 2 rings (SSSR count). The van der Waals surface area contributed by atoms with Gasteiger partial charge in [-0.2, -0.15) is 0 Å². The number of nitrogens with zero attached hydrogens (tertiary/aromatic N) is 2. The lowest BCUT2D eigenvalue weighted by molar-refractivity contribution is -0.129. The fourth-order valence-corrected chi connectivity index (χ4v) is 2.21. The van der Waals surface area contributed by atoms with Gasteiger partial charge in [0.25, 0.3) is 0 Å². The van der Waals surface area contributed by atoms with Crippen LogP contribution in [0.3, 0.4) is 0 Å². The summed E-state index contributed by atoms with van der Waals surface area (Å²) in [6.07, 6.45) is 1.86. The van der Waals surface area contributed by atoms with Crippen LogP contribution in [0, 0.1) is 0 Å². The second kappa shape index (κ2) is 4.85. The Kier molecular flexibility index (Phi) is 3.40. The molecule has 0 saturated carbocycles. The first-order chi connectivity index (χ1) is 9.02. The molecule has 19 heavy (non-hydrogen) atoms. The molecule has 1 aliphatic heterocycles. The molecule has 0 radical (unpaired) electrons. The zero-order valence-electron chi connectivity index (χ0n) is 11.3. The third-order valence-corrected chi connectivity index (χ3v) is 3.24. The van der Waals surface area contributed by atoms with Gasteiger partial charge in [0, 0.05) is 17.7 Å². The van der Waals surface area contributed by atoms with Gasteiger partial charge >= 0.3 is 5.97 Å². The highest BCUT2D eigenvalue weighted by molar-refractivity contribution is 6.43. The van der Waals surface area contributed by atoms with Gasteiger partial charge in [0.15, 0.2) is 5.69 Å². The fourth-order valence-electron chi connectivity index (χ4n) is 2.21. The molecule has 5 nitrogen and oxygen atoms in total. The molecular formula is C14H17N2O3+. The second-order valence-electron chi connectivity index (χ2n) is 4.41. The van der Waals surface area contributed by atoms with Gasteiger partial charge in [-0.25, -0.2) is 4.79 Å². The summed E-state index contributed by atoms with van der Waals surface area (Å²) in [4.78, 5) is 11.2. The van der Waals surface area contributed by atoms with Gasteiger partial charge in [0.05, 0.1) is 7.11 Å². The Morgan fingerprint density at radius 1 is 1.47 bits per heavy atom. The molecule has 0 aliphatic carbocycles. The molecular weight excluding hydrogens is 244 g/mol. The minimum Gasteiger partial charge on any atom is -0.497 e. The molecule has 1 aromatic carbocycles. The molecule has 0 saturated heterocycles. The summed E-state index contributed by atoms with van der Waals surface area (Å²) in [5, 5.41) is 13.5. The van der Waals surface area contributed by atoms with E-state index in [1.54, 1.807) is 14.0 Å². The zero-order valence-corrected chi connectivity index (χ0v) is 11.3. The van der Waals surface area contributed by atoms with Crippen molar-refractivity contribution in [2.45, 2.75) is 13.8 Å². The molecule has 0 amide bonds. The lowest BCUT2D eigenvalue weighted by atomic mass is 10.2. The highest BCUT2D eigenvalue weighted by Gasteiger charge is 2.37. The average molecular weight is 261 g/mol. The van der Waals surface area contributed by atoms with Crippen LogP contribution in [0.4, 0.5) is 5.69 Å². The molecule has 0 aromatic heterocycles. The van der Waals surface area contributed by atoms with Gasteiger partial charge in [-0.1, -0.05) is 11.2 Å². The van der Waals surface area contributed by atoms with Crippen LogP contribution < -0.4 is 9.33 Å². The van der Waals surface area contributed by atoms with E-state index in [0.717, 1.165) is 11.4 Å². The number of methoxy groups -OCH3 is 1. The Morgan fingerprint density at radius 3 is 2.74 bits per heavy atom. The predicted molar refractivity (Wildman–Crippen MR) is 74.2 cm³/mol. The standard InChI is InChI=1S/C14H16N2O3/c1-4-16(9-10(2)13(15-16)14(17)18)11-6-5-7-12(8-11)19-3/h5-9H,4H2,1-3H3/p+1. The summed E-state index contributed by atoms with van der Waals surface area (Å²) in [7, 11) is 1.60. The summed E-state index contributed by atoms with van der Waals surface area (Å²) in [5.41, 5.74) is 1.68. The van der Waals surface area contributed by atoms with E-state index >= 15 is 0 Å². The van der Waals surface area contributed by atoms with E-state index in [1.165, 1.54) is 0 Å². The minimum atomic E-state index is -0.995. The normalized spacial score (nSPS) is 21.8. The van der Waals surface area contributed by atoms with Gasteiger partial charge < -0.3 is 9.84 Å². The van der Waals surface area contributed by atoms with E-state index in [2.05, 4.69) is 5.10 Å². The number of rotatable bonds is 4. The van der Waals surface area contributed by atoms with Crippen LogP contribution in [-0.2, 0) is 4.79 Å². The van der Waals surface area contributed by atoms with Gasteiger partial charge in [-0.05, 0) is 19.9 Å². The van der Waals surface area contributed by atoms with Gasteiger partial charge in [-0.3, -0.25) is 0 Å². The van der Waals surface area contributed by atoms with Crippen molar-refractivity contribution in [2.75, 3.05) is 13.7 Å². The molecule has 1 atom stereocenters. The molecule has 1 unspecified atom stereocenters. The Labute approximate surface area is 112 Å². The number of ether oxygens (including phenoxy) is 1. The van der Waals surface area contributed by atoms with Gasteiger partial charge in [0.2, 0.25) is 5.71 Å². The average Bonchev–Trinajstić information content (AvgIpc) is 2.77. The first-order valence-corrected chi connectivity index (χ1v) is 6.08.